The molecule has 0 bridgehead atoms. The highest BCUT2D eigenvalue weighted by molar-refractivity contribution is 5.77. The molecule has 0 spiro atoms. The number of aromatic nitrogens is 1. The summed E-state index contributed by atoms with van der Waals surface area (Å²) in [4.78, 5) is 18.5. The van der Waals surface area contributed by atoms with Crippen molar-refractivity contribution < 1.29 is 4.79 Å². The fourth-order valence-corrected chi connectivity index (χ4v) is 2.39. The molecule has 0 aromatic carbocycles. The molecule has 1 aliphatic rings. The van der Waals surface area contributed by atoms with Gasteiger partial charge in [0, 0.05) is 31.7 Å². The Hall–Kier alpha value is -1.58. The van der Waals surface area contributed by atoms with Crippen LogP contribution in [0, 0.1) is 5.41 Å². The molecule has 19 heavy (non-hydrogen) atoms. The predicted octanol–water partition coefficient (Wildman–Crippen LogP) is 2.21. The Morgan fingerprint density at radius 3 is 2.89 bits per heavy atom. The number of nitrogens with one attached hydrogen (secondary N) is 1. The molecular formula is C15H23N3O. The molecule has 1 saturated heterocycles. The number of hydrogen-bond acceptors (Lipinski definition) is 3. The number of hydrogen-bond donors (Lipinski definition) is 1. The summed E-state index contributed by atoms with van der Waals surface area (Å²) in [5, 5.41) is 3.13. The second-order valence-corrected chi connectivity index (χ2v) is 6.42. The van der Waals surface area contributed by atoms with E-state index in [1.807, 2.05) is 18.2 Å². The van der Waals surface area contributed by atoms with Gasteiger partial charge in [0.15, 0.2) is 0 Å². The number of carbonyl (C=O) groups is 1. The number of amides is 1. The molecule has 1 atom stereocenters. The molecule has 1 fully saturated rings. The molecule has 0 radical (unpaired) electrons. The lowest BCUT2D eigenvalue weighted by Gasteiger charge is -2.20. The maximum absolute atomic E-state index is 11.9. The summed E-state index contributed by atoms with van der Waals surface area (Å²) in [6.45, 7) is 8.06. The quantitative estimate of drug-likeness (QED) is 0.907. The minimum Gasteiger partial charge on any atom is -0.354 e. The summed E-state index contributed by atoms with van der Waals surface area (Å²) < 4.78 is 0. The van der Waals surface area contributed by atoms with Gasteiger partial charge in [0.2, 0.25) is 5.91 Å². The van der Waals surface area contributed by atoms with E-state index in [9.17, 15) is 4.79 Å². The smallest absolute Gasteiger partial charge is 0.220 e. The van der Waals surface area contributed by atoms with Crippen LogP contribution in [0.4, 0.5) is 5.82 Å². The first kappa shape index (κ1) is 13.8. The molecule has 2 heterocycles. The van der Waals surface area contributed by atoms with Crippen molar-refractivity contribution in [2.45, 2.75) is 39.7 Å². The van der Waals surface area contributed by atoms with Crippen LogP contribution in [-0.2, 0) is 4.79 Å². The van der Waals surface area contributed by atoms with E-state index < -0.39 is 0 Å². The zero-order chi connectivity index (χ0) is 13.9. The van der Waals surface area contributed by atoms with Crippen LogP contribution in [0.15, 0.2) is 24.4 Å². The summed E-state index contributed by atoms with van der Waals surface area (Å²) >= 11 is 0. The number of anilines is 1. The van der Waals surface area contributed by atoms with Gasteiger partial charge in [-0.2, -0.15) is 0 Å². The molecule has 4 heteroatoms. The van der Waals surface area contributed by atoms with Crippen LogP contribution in [-0.4, -0.2) is 30.0 Å². The van der Waals surface area contributed by atoms with Crippen molar-refractivity contribution in [3.8, 4) is 0 Å². The van der Waals surface area contributed by atoms with Crippen molar-refractivity contribution in [1.29, 1.82) is 0 Å². The van der Waals surface area contributed by atoms with Gasteiger partial charge in [-0.3, -0.25) is 4.79 Å². The minimum absolute atomic E-state index is 0.0450. The fourth-order valence-electron chi connectivity index (χ4n) is 2.39. The lowest BCUT2D eigenvalue weighted by Crippen LogP contribution is -2.38. The van der Waals surface area contributed by atoms with E-state index in [-0.39, 0.29) is 17.4 Å². The second kappa shape index (κ2) is 5.59. The SMILES string of the molecule is CC(C)(C)CC(=O)NC1CCN(c2ccccn2)C1. The third kappa shape index (κ3) is 4.23. The zero-order valence-electron chi connectivity index (χ0n) is 12.0. The minimum atomic E-state index is 0.0450. The highest BCUT2D eigenvalue weighted by atomic mass is 16.1. The topological polar surface area (TPSA) is 45.2 Å². The summed E-state index contributed by atoms with van der Waals surface area (Å²) in [5.41, 5.74) is 0.0450. The number of carbonyl (C=O) groups excluding carboxylic acids is 1. The summed E-state index contributed by atoms with van der Waals surface area (Å²) in [5.74, 6) is 1.15. The van der Waals surface area contributed by atoms with E-state index in [0.717, 1.165) is 25.3 Å². The summed E-state index contributed by atoms with van der Waals surface area (Å²) in [7, 11) is 0. The molecule has 1 aromatic rings. The summed E-state index contributed by atoms with van der Waals surface area (Å²) in [6, 6.07) is 6.17. The average Bonchev–Trinajstić information content (AvgIpc) is 2.76. The van der Waals surface area contributed by atoms with Crippen LogP contribution in [0.25, 0.3) is 0 Å². The van der Waals surface area contributed by atoms with Crippen molar-refractivity contribution in [2.24, 2.45) is 5.41 Å². The van der Waals surface area contributed by atoms with Crippen LogP contribution in [0.1, 0.15) is 33.6 Å². The average molecular weight is 261 g/mol. The third-order valence-electron chi connectivity index (χ3n) is 3.22. The highest BCUT2D eigenvalue weighted by Gasteiger charge is 2.25. The molecule has 1 aliphatic heterocycles. The van der Waals surface area contributed by atoms with E-state index in [1.165, 1.54) is 0 Å². The second-order valence-electron chi connectivity index (χ2n) is 6.42. The molecule has 104 valence electrons. The first-order valence-electron chi connectivity index (χ1n) is 6.89. The Morgan fingerprint density at radius 2 is 2.26 bits per heavy atom. The van der Waals surface area contributed by atoms with Crippen LogP contribution in [0.2, 0.25) is 0 Å². The predicted molar refractivity (Wildman–Crippen MR) is 77.1 cm³/mol. The first-order valence-corrected chi connectivity index (χ1v) is 6.89. The Morgan fingerprint density at radius 1 is 1.47 bits per heavy atom. The van der Waals surface area contributed by atoms with E-state index in [0.29, 0.717) is 6.42 Å². The molecule has 4 nitrogen and oxygen atoms in total. The zero-order valence-corrected chi connectivity index (χ0v) is 12.0. The number of nitrogens with zero attached hydrogens (tertiary/aromatic N) is 2. The van der Waals surface area contributed by atoms with Crippen molar-refractivity contribution in [2.75, 3.05) is 18.0 Å². The van der Waals surface area contributed by atoms with Gasteiger partial charge in [-0.15, -0.1) is 0 Å². The standard InChI is InChI=1S/C15H23N3O/c1-15(2,3)10-14(19)17-12-7-9-18(11-12)13-6-4-5-8-16-13/h4-6,8,12H,7,9-11H2,1-3H3,(H,17,19). The van der Waals surface area contributed by atoms with Gasteiger partial charge in [0.05, 0.1) is 0 Å². The number of rotatable bonds is 3. The maximum Gasteiger partial charge on any atom is 0.220 e. The Bertz CT molecular complexity index is 425. The van der Waals surface area contributed by atoms with Crippen LogP contribution in [0.5, 0.6) is 0 Å². The molecule has 1 N–H and O–H groups in total. The molecule has 0 aliphatic carbocycles. The summed E-state index contributed by atoms with van der Waals surface area (Å²) in [6.07, 6.45) is 3.38. The van der Waals surface area contributed by atoms with Crippen LogP contribution >= 0.6 is 0 Å². The molecule has 1 unspecified atom stereocenters. The van der Waals surface area contributed by atoms with Crippen molar-refractivity contribution in [3.05, 3.63) is 24.4 Å². The Labute approximate surface area is 115 Å². The fraction of sp³-hybridized carbons (Fsp3) is 0.600. The van der Waals surface area contributed by atoms with Crippen molar-refractivity contribution in [3.63, 3.8) is 0 Å². The lowest BCUT2D eigenvalue weighted by molar-refractivity contribution is -0.123. The molecule has 1 aromatic heterocycles. The van der Waals surface area contributed by atoms with Crippen LogP contribution in [0.3, 0.4) is 0 Å². The van der Waals surface area contributed by atoms with Gasteiger partial charge in [-0.25, -0.2) is 4.98 Å². The highest BCUT2D eigenvalue weighted by Crippen LogP contribution is 2.20. The number of pyridine rings is 1. The Kier molecular flexibility index (Phi) is 4.08. The van der Waals surface area contributed by atoms with Gasteiger partial charge in [-0.05, 0) is 24.0 Å². The van der Waals surface area contributed by atoms with Gasteiger partial charge >= 0.3 is 0 Å². The maximum atomic E-state index is 11.9. The van der Waals surface area contributed by atoms with Gasteiger partial charge in [0.25, 0.3) is 0 Å². The van der Waals surface area contributed by atoms with Crippen molar-refractivity contribution >= 4 is 11.7 Å². The first-order chi connectivity index (χ1) is 8.94. The Balaban J connectivity index is 1.84. The van der Waals surface area contributed by atoms with E-state index in [2.05, 4.69) is 36.0 Å². The monoisotopic (exact) mass is 261 g/mol. The third-order valence-corrected chi connectivity index (χ3v) is 3.22. The lowest BCUT2D eigenvalue weighted by atomic mass is 9.92. The van der Waals surface area contributed by atoms with Crippen LogP contribution < -0.4 is 10.2 Å². The van der Waals surface area contributed by atoms with E-state index in [4.69, 9.17) is 0 Å². The van der Waals surface area contributed by atoms with Gasteiger partial charge in [-0.1, -0.05) is 26.8 Å². The molecule has 1 amide bonds. The molecule has 2 rings (SSSR count). The van der Waals surface area contributed by atoms with E-state index in [1.54, 1.807) is 6.20 Å². The van der Waals surface area contributed by atoms with Gasteiger partial charge < -0.3 is 10.2 Å². The normalized spacial score (nSPS) is 19.5. The van der Waals surface area contributed by atoms with Crippen molar-refractivity contribution in [1.82, 2.24) is 10.3 Å². The van der Waals surface area contributed by atoms with Gasteiger partial charge in [0.1, 0.15) is 5.82 Å². The molecular weight excluding hydrogens is 238 g/mol. The largest absolute Gasteiger partial charge is 0.354 e. The molecule has 0 saturated carbocycles. The van der Waals surface area contributed by atoms with E-state index >= 15 is 0 Å².